The molecule has 1 atom stereocenters. The Morgan fingerprint density at radius 3 is 2.50 bits per heavy atom. The molecule has 3 aromatic rings. The second-order valence-electron chi connectivity index (χ2n) is 7.53. The van der Waals surface area contributed by atoms with Crippen LogP contribution in [0.25, 0.3) is 11.0 Å². The van der Waals surface area contributed by atoms with Crippen molar-refractivity contribution in [3.8, 4) is 0 Å². The predicted octanol–water partition coefficient (Wildman–Crippen LogP) is 4.32. The lowest BCUT2D eigenvalue weighted by Crippen LogP contribution is -2.36. The zero-order valence-corrected chi connectivity index (χ0v) is 17.1. The van der Waals surface area contributed by atoms with Gasteiger partial charge in [-0.05, 0) is 50.6 Å². The molecular formula is C20H18ClF2N3O4. The van der Waals surface area contributed by atoms with E-state index in [9.17, 15) is 18.4 Å². The molecule has 0 saturated heterocycles. The van der Waals surface area contributed by atoms with Crippen molar-refractivity contribution in [2.75, 3.05) is 0 Å². The molecule has 0 aliphatic rings. The highest BCUT2D eigenvalue weighted by Crippen LogP contribution is 2.21. The second kappa shape index (κ2) is 8.35. The minimum absolute atomic E-state index is 0.00941. The van der Waals surface area contributed by atoms with Crippen molar-refractivity contribution in [1.82, 2.24) is 15.3 Å². The molecule has 158 valence electrons. The van der Waals surface area contributed by atoms with Crippen LogP contribution in [0.15, 0.2) is 39.5 Å². The number of halogens is 3. The van der Waals surface area contributed by atoms with Crippen LogP contribution in [0.4, 0.5) is 13.6 Å². The lowest BCUT2D eigenvalue weighted by Gasteiger charge is -2.23. The molecule has 7 nitrogen and oxygen atoms in total. The van der Waals surface area contributed by atoms with Gasteiger partial charge in [0.15, 0.2) is 5.65 Å². The van der Waals surface area contributed by atoms with Crippen molar-refractivity contribution in [3.05, 3.63) is 69.0 Å². The van der Waals surface area contributed by atoms with Gasteiger partial charge in [0.2, 0.25) is 5.89 Å². The van der Waals surface area contributed by atoms with Crippen LogP contribution in [0.2, 0.25) is 5.15 Å². The lowest BCUT2D eigenvalue weighted by molar-refractivity contribution is 0.0494. The SMILES string of the molecule is CC(C)(C)OC(=O)N[C@@H](Cc1cc(F)cc(F)c1)c1nc2nc(Cl)ccc2c(=O)o1. The molecule has 0 radical (unpaired) electrons. The molecule has 0 saturated carbocycles. The summed E-state index contributed by atoms with van der Waals surface area (Å²) in [5.74, 6) is -1.79. The van der Waals surface area contributed by atoms with Gasteiger partial charge in [-0.1, -0.05) is 11.6 Å². The maximum absolute atomic E-state index is 13.6. The number of pyridine rings is 1. The highest BCUT2D eigenvalue weighted by molar-refractivity contribution is 6.29. The van der Waals surface area contributed by atoms with E-state index < -0.39 is 35.0 Å². The van der Waals surface area contributed by atoms with Crippen molar-refractivity contribution in [2.24, 2.45) is 0 Å². The summed E-state index contributed by atoms with van der Waals surface area (Å²) in [5.41, 5.74) is -1.33. The van der Waals surface area contributed by atoms with Crippen molar-refractivity contribution in [3.63, 3.8) is 0 Å². The van der Waals surface area contributed by atoms with Crippen LogP contribution >= 0.6 is 11.6 Å². The van der Waals surface area contributed by atoms with Crippen LogP contribution < -0.4 is 10.9 Å². The maximum Gasteiger partial charge on any atom is 0.408 e. The number of amides is 1. The molecule has 0 aliphatic carbocycles. The van der Waals surface area contributed by atoms with Crippen LogP contribution in [0.1, 0.15) is 38.3 Å². The van der Waals surface area contributed by atoms with Crippen molar-refractivity contribution in [1.29, 1.82) is 0 Å². The number of nitrogens with zero attached hydrogens (tertiary/aromatic N) is 2. The molecule has 1 aromatic carbocycles. The highest BCUT2D eigenvalue weighted by atomic mass is 35.5. The number of hydrogen-bond donors (Lipinski definition) is 1. The fourth-order valence-corrected chi connectivity index (χ4v) is 2.85. The van der Waals surface area contributed by atoms with E-state index in [1.165, 1.54) is 12.1 Å². The number of fused-ring (bicyclic) bond motifs is 1. The number of carbonyl (C=O) groups is 1. The molecule has 0 bridgehead atoms. The summed E-state index contributed by atoms with van der Waals surface area (Å²) >= 11 is 5.87. The van der Waals surface area contributed by atoms with Gasteiger partial charge in [-0.3, -0.25) is 0 Å². The number of rotatable bonds is 4. The van der Waals surface area contributed by atoms with Gasteiger partial charge in [-0.25, -0.2) is 23.4 Å². The van der Waals surface area contributed by atoms with Crippen molar-refractivity contribution in [2.45, 2.75) is 38.8 Å². The fraction of sp³-hybridized carbons (Fsp3) is 0.300. The molecule has 2 heterocycles. The molecule has 0 unspecified atom stereocenters. The van der Waals surface area contributed by atoms with Crippen LogP contribution in [0.3, 0.4) is 0 Å². The first-order chi connectivity index (χ1) is 14.0. The Kier molecular flexibility index (Phi) is 6.02. The highest BCUT2D eigenvalue weighted by Gasteiger charge is 2.25. The molecular weight excluding hydrogens is 420 g/mol. The van der Waals surface area contributed by atoms with E-state index in [-0.39, 0.29) is 34.1 Å². The van der Waals surface area contributed by atoms with Crippen LogP contribution in [0.5, 0.6) is 0 Å². The van der Waals surface area contributed by atoms with E-state index in [1.807, 2.05) is 0 Å². The fourth-order valence-electron chi connectivity index (χ4n) is 2.71. The molecule has 2 aromatic heterocycles. The second-order valence-corrected chi connectivity index (χ2v) is 7.91. The third kappa shape index (κ3) is 5.50. The van der Waals surface area contributed by atoms with Gasteiger partial charge in [0.1, 0.15) is 33.8 Å². The zero-order valence-electron chi connectivity index (χ0n) is 16.3. The standard InChI is InChI=1S/C20H18ClF2N3O4/c1-20(2,3)30-19(28)24-14(8-10-6-11(22)9-12(23)7-10)17-26-16-13(18(27)29-17)4-5-15(21)25-16/h4-7,9,14H,8H2,1-3H3,(H,24,28)/t14-/m0/s1. The smallest absolute Gasteiger partial charge is 0.408 e. The number of nitrogens with one attached hydrogen (secondary N) is 1. The Morgan fingerprint density at radius 2 is 1.87 bits per heavy atom. The molecule has 10 heteroatoms. The summed E-state index contributed by atoms with van der Waals surface area (Å²) in [6, 6.07) is 4.67. The van der Waals surface area contributed by atoms with Crippen molar-refractivity contribution >= 4 is 28.7 Å². The number of carbonyl (C=O) groups excluding carboxylic acids is 1. The van der Waals surface area contributed by atoms with E-state index in [1.54, 1.807) is 20.8 Å². The van der Waals surface area contributed by atoms with Crippen LogP contribution in [-0.4, -0.2) is 21.7 Å². The number of ether oxygens (including phenoxy) is 1. The number of alkyl carbamates (subject to hydrolysis) is 1. The minimum Gasteiger partial charge on any atom is -0.444 e. The van der Waals surface area contributed by atoms with Gasteiger partial charge in [0, 0.05) is 12.5 Å². The Morgan fingerprint density at radius 1 is 1.20 bits per heavy atom. The average Bonchev–Trinajstić information content (AvgIpc) is 2.58. The van der Waals surface area contributed by atoms with E-state index >= 15 is 0 Å². The summed E-state index contributed by atoms with van der Waals surface area (Å²) in [6.45, 7) is 5.01. The first-order valence-electron chi connectivity index (χ1n) is 8.92. The third-order valence-electron chi connectivity index (χ3n) is 3.83. The van der Waals surface area contributed by atoms with Crippen molar-refractivity contribution < 1.29 is 22.7 Å². The monoisotopic (exact) mass is 437 g/mol. The minimum atomic E-state index is -1.07. The predicted molar refractivity (Wildman–Crippen MR) is 105 cm³/mol. The van der Waals surface area contributed by atoms with Crippen LogP contribution in [0, 0.1) is 11.6 Å². The summed E-state index contributed by atoms with van der Waals surface area (Å²) in [7, 11) is 0. The van der Waals surface area contributed by atoms with E-state index in [2.05, 4.69) is 15.3 Å². The zero-order chi connectivity index (χ0) is 22.1. The Labute approximate surface area is 175 Å². The third-order valence-corrected chi connectivity index (χ3v) is 4.04. The first kappa shape index (κ1) is 21.6. The molecule has 1 amide bonds. The summed E-state index contributed by atoms with van der Waals surface area (Å²) in [5, 5.41) is 2.72. The average molecular weight is 438 g/mol. The summed E-state index contributed by atoms with van der Waals surface area (Å²) < 4.78 is 37.7. The van der Waals surface area contributed by atoms with E-state index in [4.69, 9.17) is 20.8 Å². The quantitative estimate of drug-likeness (QED) is 0.611. The molecule has 3 rings (SSSR count). The molecule has 0 fully saturated rings. The summed E-state index contributed by atoms with van der Waals surface area (Å²) in [6.07, 6.45) is -0.955. The van der Waals surface area contributed by atoms with E-state index in [0.717, 1.165) is 18.2 Å². The molecule has 1 N–H and O–H groups in total. The molecule has 30 heavy (non-hydrogen) atoms. The topological polar surface area (TPSA) is 94.3 Å². The van der Waals surface area contributed by atoms with Gasteiger partial charge in [0.05, 0.1) is 0 Å². The van der Waals surface area contributed by atoms with Gasteiger partial charge < -0.3 is 14.5 Å². The van der Waals surface area contributed by atoms with Gasteiger partial charge in [0.25, 0.3) is 0 Å². The Balaban J connectivity index is 2.02. The number of aromatic nitrogens is 2. The largest absolute Gasteiger partial charge is 0.444 e. The number of hydrogen-bond acceptors (Lipinski definition) is 6. The normalized spacial score (nSPS) is 12.6. The first-order valence-corrected chi connectivity index (χ1v) is 9.30. The maximum atomic E-state index is 13.6. The van der Waals surface area contributed by atoms with Gasteiger partial charge in [-0.2, -0.15) is 4.98 Å². The molecule has 0 spiro atoms. The van der Waals surface area contributed by atoms with Crippen LogP contribution in [-0.2, 0) is 11.2 Å². The Bertz CT molecular complexity index is 1140. The Hall–Kier alpha value is -3.07. The van der Waals surface area contributed by atoms with E-state index in [0.29, 0.717) is 0 Å². The summed E-state index contributed by atoms with van der Waals surface area (Å²) in [4.78, 5) is 32.8. The van der Waals surface area contributed by atoms with Gasteiger partial charge in [-0.15, -0.1) is 0 Å². The lowest BCUT2D eigenvalue weighted by atomic mass is 10.1. The van der Waals surface area contributed by atoms with Gasteiger partial charge >= 0.3 is 11.7 Å². The number of benzene rings is 1. The molecule has 0 aliphatic heterocycles.